The normalized spacial score (nSPS) is 11.3. The van der Waals surface area contributed by atoms with Crippen molar-refractivity contribution in [2.24, 2.45) is 5.41 Å². The number of benzene rings is 1. The van der Waals surface area contributed by atoms with Crippen LogP contribution < -0.4 is 10.1 Å². The van der Waals surface area contributed by atoms with E-state index in [1.165, 1.54) is 0 Å². The number of aliphatic carboxylic acids is 1. The summed E-state index contributed by atoms with van der Waals surface area (Å²) in [5.74, 6) is 0.196. The number of carbonyl (C=O) groups is 1. The third kappa shape index (κ3) is 9.08. The van der Waals surface area contributed by atoms with Crippen molar-refractivity contribution in [3.8, 4) is 5.75 Å². The first-order valence-corrected chi connectivity index (χ1v) is 7.60. The Hall–Kier alpha value is -1.55. The molecule has 0 saturated heterocycles. The molecule has 0 bridgehead atoms. The van der Waals surface area contributed by atoms with Crippen LogP contribution in [0.4, 0.5) is 0 Å². The van der Waals surface area contributed by atoms with E-state index in [1.54, 1.807) is 0 Å². The van der Waals surface area contributed by atoms with Gasteiger partial charge >= 0.3 is 5.97 Å². The molecule has 0 aromatic heterocycles. The van der Waals surface area contributed by atoms with Crippen LogP contribution in [0.1, 0.15) is 39.5 Å². The fourth-order valence-electron chi connectivity index (χ4n) is 2.03. The molecule has 4 heteroatoms. The summed E-state index contributed by atoms with van der Waals surface area (Å²) in [5.41, 5.74) is 0.0753. The number of carboxylic acid groups (broad SMARTS) is 1. The summed E-state index contributed by atoms with van der Waals surface area (Å²) in [4.78, 5) is 10.6. The quantitative estimate of drug-likeness (QED) is 0.614. The Morgan fingerprint density at radius 2 is 1.90 bits per heavy atom. The summed E-state index contributed by atoms with van der Waals surface area (Å²) < 4.78 is 5.61. The smallest absolute Gasteiger partial charge is 0.303 e. The monoisotopic (exact) mass is 293 g/mol. The summed E-state index contributed by atoms with van der Waals surface area (Å²) in [7, 11) is 0. The van der Waals surface area contributed by atoms with Gasteiger partial charge in [-0.3, -0.25) is 4.79 Å². The lowest BCUT2D eigenvalue weighted by molar-refractivity contribution is -0.137. The minimum Gasteiger partial charge on any atom is -0.494 e. The SMILES string of the molecule is CC(C)(CCNCCCOc1ccccc1)CCC(=O)O. The van der Waals surface area contributed by atoms with E-state index in [0.717, 1.165) is 38.1 Å². The highest BCUT2D eigenvalue weighted by Crippen LogP contribution is 2.25. The van der Waals surface area contributed by atoms with Gasteiger partial charge in [0, 0.05) is 6.42 Å². The molecule has 118 valence electrons. The lowest BCUT2D eigenvalue weighted by Crippen LogP contribution is -2.24. The zero-order valence-corrected chi connectivity index (χ0v) is 13.1. The zero-order valence-electron chi connectivity index (χ0n) is 13.1. The molecule has 0 radical (unpaired) electrons. The van der Waals surface area contributed by atoms with Crippen LogP contribution in [0.3, 0.4) is 0 Å². The first-order chi connectivity index (χ1) is 9.99. The van der Waals surface area contributed by atoms with Gasteiger partial charge in [0.15, 0.2) is 0 Å². The maximum atomic E-state index is 10.6. The molecule has 1 aromatic carbocycles. The van der Waals surface area contributed by atoms with Crippen LogP contribution in [0.2, 0.25) is 0 Å². The first kappa shape index (κ1) is 17.5. The van der Waals surface area contributed by atoms with E-state index in [4.69, 9.17) is 9.84 Å². The predicted octanol–water partition coefficient (Wildman–Crippen LogP) is 3.33. The summed E-state index contributed by atoms with van der Waals surface area (Å²) in [5, 5.41) is 12.1. The Labute approximate surface area is 127 Å². The molecule has 4 nitrogen and oxygen atoms in total. The molecular formula is C17H27NO3. The first-order valence-electron chi connectivity index (χ1n) is 7.60. The van der Waals surface area contributed by atoms with E-state index in [0.29, 0.717) is 6.61 Å². The number of para-hydroxylation sites is 1. The summed E-state index contributed by atoms with van der Waals surface area (Å²) >= 11 is 0. The third-order valence-electron chi connectivity index (χ3n) is 3.50. The Morgan fingerprint density at radius 3 is 2.57 bits per heavy atom. The fraction of sp³-hybridized carbons (Fsp3) is 0.588. The molecule has 0 atom stereocenters. The molecule has 21 heavy (non-hydrogen) atoms. The van der Waals surface area contributed by atoms with Crippen molar-refractivity contribution in [3.63, 3.8) is 0 Å². The van der Waals surface area contributed by atoms with E-state index in [1.807, 2.05) is 30.3 Å². The highest BCUT2D eigenvalue weighted by molar-refractivity contribution is 5.66. The summed E-state index contributed by atoms with van der Waals surface area (Å²) in [6, 6.07) is 9.82. The molecular weight excluding hydrogens is 266 g/mol. The van der Waals surface area contributed by atoms with Gasteiger partial charge in [0.1, 0.15) is 5.75 Å². The van der Waals surface area contributed by atoms with Gasteiger partial charge in [0.05, 0.1) is 6.61 Å². The Balaban J connectivity index is 2.00. The summed E-state index contributed by atoms with van der Waals surface area (Å²) in [6.07, 6.45) is 2.92. The molecule has 0 unspecified atom stereocenters. The van der Waals surface area contributed by atoms with Gasteiger partial charge in [-0.05, 0) is 49.9 Å². The number of rotatable bonds is 11. The second-order valence-electron chi connectivity index (χ2n) is 6.07. The second kappa shape index (κ2) is 9.40. The van der Waals surface area contributed by atoms with Gasteiger partial charge in [0.25, 0.3) is 0 Å². The van der Waals surface area contributed by atoms with E-state index in [9.17, 15) is 4.79 Å². The highest BCUT2D eigenvalue weighted by Gasteiger charge is 2.18. The molecule has 2 N–H and O–H groups in total. The van der Waals surface area contributed by atoms with Crippen LogP contribution in [-0.4, -0.2) is 30.8 Å². The summed E-state index contributed by atoms with van der Waals surface area (Å²) in [6.45, 7) is 6.78. The van der Waals surface area contributed by atoms with Crippen molar-refractivity contribution < 1.29 is 14.6 Å². The molecule has 1 aromatic rings. The molecule has 0 amide bonds. The van der Waals surface area contributed by atoms with Gasteiger partial charge in [0.2, 0.25) is 0 Å². The van der Waals surface area contributed by atoms with Crippen molar-refractivity contribution in [2.45, 2.75) is 39.5 Å². The van der Waals surface area contributed by atoms with Crippen molar-refractivity contribution >= 4 is 5.97 Å². The van der Waals surface area contributed by atoms with E-state index in [-0.39, 0.29) is 11.8 Å². The van der Waals surface area contributed by atoms with E-state index >= 15 is 0 Å². The Bertz CT molecular complexity index is 404. The molecule has 0 fully saturated rings. The van der Waals surface area contributed by atoms with Crippen LogP contribution in [0.25, 0.3) is 0 Å². The van der Waals surface area contributed by atoms with Gasteiger partial charge in [-0.25, -0.2) is 0 Å². The standard InChI is InChI=1S/C17H27NO3/c1-17(2,10-9-16(19)20)11-13-18-12-6-14-21-15-7-4-3-5-8-15/h3-5,7-8,18H,6,9-14H2,1-2H3,(H,19,20). The molecule has 0 aliphatic rings. The van der Waals surface area contributed by atoms with Crippen molar-refractivity contribution in [3.05, 3.63) is 30.3 Å². The van der Waals surface area contributed by atoms with Crippen LogP contribution in [0, 0.1) is 5.41 Å². The predicted molar refractivity (Wildman–Crippen MR) is 84.7 cm³/mol. The van der Waals surface area contributed by atoms with Crippen LogP contribution in [0.15, 0.2) is 30.3 Å². The highest BCUT2D eigenvalue weighted by atomic mass is 16.5. The van der Waals surface area contributed by atoms with Gasteiger partial charge in [-0.15, -0.1) is 0 Å². The van der Waals surface area contributed by atoms with Gasteiger partial charge < -0.3 is 15.2 Å². The Kier molecular flexibility index (Phi) is 7.83. The molecule has 0 heterocycles. The van der Waals surface area contributed by atoms with Crippen molar-refractivity contribution in [1.82, 2.24) is 5.32 Å². The number of ether oxygens (including phenoxy) is 1. The maximum Gasteiger partial charge on any atom is 0.303 e. The van der Waals surface area contributed by atoms with Crippen molar-refractivity contribution in [1.29, 1.82) is 0 Å². The second-order valence-corrected chi connectivity index (χ2v) is 6.07. The Morgan fingerprint density at radius 1 is 1.19 bits per heavy atom. The lowest BCUT2D eigenvalue weighted by atomic mass is 9.84. The van der Waals surface area contributed by atoms with Crippen LogP contribution in [-0.2, 0) is 4.79 Å². The van der Waals surface area contributed by atoms with Crippen molar-refractivity contribution in [2.75, 3.05) is 19.7 Å². The average Bonchev–Trinajstić information content (AvgIpc) is 2.45. The number of hydrogen-bond donors (Lipinski definition) is 2. The average molecular weight is 293 g/mol. The third-order valence-corrected chi connectivity index (χ3v) is 3.50. The van der Waals surface area contributed by atoms with Gasteiger partial charge in [-0.1, -0.05) is 32.0 Å². The lowest BCUT2D eigenvalue weighted by Gasteiger charge is -2.23. The number of carboxylic acids is 1. The topological polar surface area (TPSA) is 58.6 Å². The molecule has 1 rings (SSSR count). The molecule has 0 saturated carbocycles. The minimum atomic E-state index is -0.714. The zero-order chi connectivity index (χ0) is 15.6. The van der Waals surface area contributed by atoms with Crippen LogP contribution >= 0.6 is 0 Å². The minimum absolute atomic E-state index is 0.0753. The van der Waals surface area contributed by atoms with E-state index < -0.39 is 5.97 Å². The van der Waals surface area contributed by atoms with E-state index in [2.05, 4.69) is 19.2 Å². The number of hydrogen-bond acceptors (Lipinski definition) is 3. The number of nitrogens with one attached hydrogen (secondary N) is 1. The molecule has 0 spiro atoms. The largest absolute Gasteiger partial charge is 0.494 e. The van der Waals surface area contributed by atoms with Gasteiger partial charge in [-0.2, -0.15) is 0 Å². The fourth-order valence-corrected chi connectivity index (χ4v) is 2.03. The molecule has 0 aliphatic carbocycles. The maximum absolute atomic E-state index is 10.6. The molecule has 0 aliphatic heterocycles. The van der Waals surface area contributed by atoms with Crippen LogP contribution in [0.5, 0.6) is 5.75 Å².